The number of amides is 1. The molecule has 0 aromatic heterocycles. The quantitative estimate of drug-likeness (QED) is 0.473. The highest BCUT2D eigenvalue weighted by Crippen LogP contribution is 2.34. The molecule has 37 heavy (non-hydrogen) atoms. The van der Waals surface area contributed by atoms with E-state index >= 15 is 0 Å². The van der Waals surface area contributed by atoms with Crippen molar-refractivity contribution in [3.63, 3.8) is 0 Å². The molecular formula is C31H30N2O4. The summed E-state index contributed by atoms with van der Waals surface area (Å²) < 4.78 is 6.16. The van der Waals surface area contributed by atoms with E-state index in [9.17, 15) is 14.4 Å². The lowest BCUT2D eigenvalue weighted by Crippen LogP contribution is -2.44. The first kappa shape index (κ1) is 23.6. The Bertz CT molecular complexity index is 1360. The molecule has 1 atom stereocenters. The van der Waals surface area contributed by atoms with Crippen molar-refractivity contribution in [3.05, 3.63) is 100 Å². The van der Waals surface area contributed by atoms with Crippen LogP contribution in [-0.2, 0) is 42.3 Å². The van der Waals surface area contributed by atoms with Gasteiger partial charge in [0.15, 0.2) is 5.78 Å². The van der Waals surface area contributed by atoms with Gasteiger partial charge in [-0.2, -0.15) is 0 Å². The van der Waals surface area contributed by atoms with Gasteiger partial charge in [-0.25, -0.2) is 0 Å². The predicted octanol–water partition coefficient (Wildman–Crippen LogP) is 4.47. The summed E-state index contributed by atoms with van der Waals surface area (Å²) in [5.41, 5.74) is 6.63. The third-order valence-electron chi connectivity index (χ3n) is 7.80. The lowest BCUT2D eigenvalue weighted by Gasteiger charge is -2.29. The number of ether oxygens (including phenoxy) is 1. The van der Waals surface area contributed by atoms with Crippen LogP contribution in [0.2, 0.25) is 0 Å². The van der Waals surface area contributed by atoms with Gasteiger partial charge in [0.05, 0.1) is 19.0 Å². The van der Waals surface area contributed by atoms with Crippen LogP contribution in [0.4, 0.5) is 0 Å². The first-order valence-electron chi connectivity index (χ1n) is 13.0. The molecule has 1 aliphatic carbocycles. The number of benzene rings is 3. The average Bonchev–Trinajstić information content (AvgIpc) is 3.25. The van der Waals surface area contributed by atoms with Gasteiger partial charge in [-0.05, 0) is 47.2 Å². The van der Waals surface area contributed by atoms with Gasteiger partial charge < -0.3 is 9.64 Å². The monoisotopic (exact) mass is 494 g/mol. The van der Waals surface area contributed by atoms with Crippen molar-refractivity contribution < 1.29 is 19.1 Å². The summed E-state index contributed by atoms with van der Waals surface area (Å²) in [7, 11) is 0. The van der Waals surface area contributed by atoms with Crippen LogP contribution >= 0.6 is 0 Å². The number of hydrogen-bond donors (Lipinski definition) is 0. The van der Waals surface area contributed by atoms with Crippen molar-refractivity contribution in [3.8, 4) is 5.75 Å². The second-order valence-corrected chi connectivity index (χ2v) is 10.3. The number of rotatable bonds is 6. The molecule has 1 fully saturated rings. The zero-order chi connectivity index (χ0) is 25.4. The molecule has 6 rings (SSSR count). The zero-order valence-electron chi connectivity index (χ0n) is 20.8. The summed E-state index contributed by atoms with van der Waals surface area (Å²) >= 11 is 0. The van der Waals surface area contributed by atoms with Crippen molar-refractivity contribution >= 4 is 17.5 Å². The Morgan fingerprint density at radius 3 is 2.41 bits per heavy atom. The number of Topliss-reactive ketones (excluding diaryl/α,β-unsaturated/α-hetero) is 2. The summed E-state index contributed by atoms with van der Waals surface area (Å²) in [6, 6.07) is 22.2. The largest absolute Gasteiger partial charge is 0.489 e. The van der Waals surface area contributed by atoms with Crippen molar-refractivity contribution in [2.45, 2.75) is 58.0 Å². The van der Waals surface area contributed by atoms with Crippen LogP contribution < -0.4 is 4.74 Å². The molecule has 2 heterocycles. The maximum atomic E-state index is 13.0. The number of ketones is 2. The van der Waals surface area contributed by atoms with Crippen LogP contribution in [-0.4, -0.2) is 39.9 Å². The van der Waals surface area contributed by atoms with Crippen LogP contribution in [0.1, 0.15) is 57.4 Å². The topological polar surface area (TPSA) is 66.9 Å². The molecule has 6 nitrogen and oxygen atoms in total. The molecule has 3 aliphatic rings. The summed E-state index contributed by atoms with van der Waals surface area (Å²) in [5, 5.41) is 0. The van der Waals surface area contributed by atoms with E-state index in [2.05, 4.69) is 53.4 Å². The van der Waals surface area contributed by atoms with Gasteiger partial charge in [-0.15, -0.1) is 0 Å². The van der Waals surface area contributed by atoms with Crippen molar-refractivity contribution in [2.24, 2.45) is 0 Å². The minimum Gasteiger partial charge on any atom is -0.489 e. The fourth-order valence-electron chi connectivity index (χ4n) is 5.75. The van der Waals surface area contributed by atoms with E-state index in [0.717, 1.165) is 37.2 Å². The number of carbonyl (C=O) groups is 3. The first-order chi connectivity index (χ1) is 18.0. The van der Waals surface area contributed by atoms with E-state index in [4.69, 9.17) is 4.74 Å². The standard InChI is InChI=1S/C31H30N2O4/c34-25-12-13-28(29(35)16-25)33-19-27-26(31(33)36)6-3-7-30(27)37-20-22-10-8-21(9-11-22)17-32-15-14-23-4-1-2-5-24(23)18-32/h1-11,28H,12-20H2. The molecule has 1 unspecified atom stereocenters. The molecule has 3 aromatic carbocycles. The number of hydrogen-bond acceptors (Lipinski definition) is 5. The molecule has 1 saturated carbocycles. The molecule has 0 bridgehead atoms. The predicted molar refractivity (Wildman–Crippen MR) is 139 cm³/mol. The maximum absolute atomic E-state index is 13.0. The van der Waals surface area contributed by atoms with E-state index in [1.807, 2.05) is 12.1 Å². The SMILES string of the molecule is O=C1CCC(N2Cc3c(OCc4ccc(CN5CCc6ccccc6C5)cc4)cccc3C2=O)C(=O)C1. The van der Waals surface area contributed by atoms with E-state index in [1.54, 1.807) is 11.0 Å². The number of fused-ring (bicyclic) bond motifs is 2. The molecule has 2 aliphatic heterocycles. The highest BCUT2D eigenvalue weighted by molar-refractivity contribution is 6.07. The normalized spacial score (nSPS) is 19.6. The Morgan fingerprint density at radius 2 is 1.59 bits per heavy atom. The van der Waals surface area contributed by atoms with Crippen molar-refractivity contribution in [1.29, 1.82) is 0 Å². The molecule has 0 saturated heterocycles. The van der Waals surface area contributed by atoms with Gasteiger partial charge in [0, 0.05) is 37.2 Å². The summed E-state index contributed by atoms with van der Waals surface area (Å²) in [6.07, 6.45) is 1.77. The highest BCUT2D eigenvalue weighted by atomic mass is 16.5. The van der Waals surface area contributed by atoms with Gasteiger partial charge in [0.2, 0.25) is 0 Å². The maximum Gasteiger partial charge on any atom is 0.255 e. The van der Waals surface area contributed by atoms with Crippen molar-refractivity contribution in [2.75, 3.05) is 6.54 Å². The van der Waals surface area contributed by atoms with E-state index in [-0.39, 0.29) is 23.9 Å². The summed E-state index contributed by atoms with van der Waals surface area (Å²) in [4.78, 5) is 41.2. The molecule has 0 radical (unpaired) electrons. The van der Waals surface area contributed by atoms with E-state index in [0.29, 0.717) is 37.3 Å². The van der Waals surface area contributed by atoms with Crippen LogP contribution in [0.5, 0.6) is 5.75 Å². The van der Waals surface area contributed by atoms with Gasteiger partial charge in [0.25, 0.3) is 5.91 Å². The third-order valence-corrected chi connectivity index (χ3v) is 7.80. The Kier molecular flexibility index (Phi) is 6.35. The lowest BCUT2D eigenvalue weighted by atomic mass is 9.92. The van der Waals surface area contributed by atoms with E-state index in [1.165, 1.54) is 16.7 Å². The second kappa shape index (κ2) is 9.94. The Labute approximate surface area is 216 Å². The van der Waals surface area contributed by atoms with Gasteiger partial charge in [-0.3, -0.25) is 19.3 Å². The van der Waals surface area contributed by atoms with Gasteiger partial charge in [0.1, 0.15) is 18.1 Å². The summed E-state index contributed by atoms with van der Waals surface area (Å²) in [5.74, 6) is 0.317. The molecule has 6 heteroatoms. The molecule has 0 spiro atoms. The minimum atomic E-state index is -0.522. The van der Waals surface area contributed by atoms with Crippen LogP contribution in [0, 0.1) is 0 Å². The van der Waals surface area contributed by atoms with Gasteiger partial charge >= 0.3 is 0 Å². The first-order valence-corrected chi connectivity index (χ1v) is 13.0. The van der Waals surface area contributed by atoms with Crippen LogP contribution in [0.15, 0.2) is 66.7 Å². The van der Waals surface area contributed by atoms with E-state index < -0.39 is 6.04 Å². The minimum absolute atomic E-state index is 0.0401. The zero-order valence-corrected chi connectivity index (χ0v) is 20.8. The fourth-order valence-corrected chi connectivity index (χ4v) is 5.75. The molecule has 0 N–H and O–H groups in total. The van der Waals surface area contributed by atoms with Crippen LogP contribution in [0.3, 0.4) is 0 Å². The fraction of sp³-hybridized carbons (Fsp3) is 0.323. The number of carbonyl (C=O) groups excluding carboxylic acids is 3. The Morgan fingerprint density at radius 1 is 0.811 bits per heavy atom. The highest BCUT2D eigenvalue weighted by Gasteiger charge is 2.40. The van der Waals surface area contributed by atoms with Crippen molar-refractivity contribution in [1.82, 2.24) is 9.80 Å². The molecule has 3 aromatic rings. The Hall–Kier alpha value is -3.77. The molecule has 1 amide bonds. The molecular weight excluding hydrogens is 464 g/mol. The summed E-state index contributed by atoms with van der Waals surface area (Å²) in [6.45, 7) is 3.72. The average molecular weight is 495 g/mol. The van der Waals surface area contributed by atoms with Gasteiger partial charge in [-0.1, -0.05) is 54.6 Å². The smallest absolute Gasteiger partial charge is 0.255 e. The number of nitrogens with zero attached hydrogens (tertiary/aromatic N) is 2. The van der Waals surface area contributed by atoms with Crippen LogP contribution in [0.25, 0.3) is 0 Å². The second-order valence-electron chi connectivity index (χ2n) is 10.3. The Balaban J connectivity index is 1.08. The third kappa shape index (κ3) is 4.81. The lowest BCUT2D eigenvalue weighted by molar-refractivity contribution is -0.133. The molecule has 188 valence electrons.